The molecule has 0 aromatic rings. The van der Waals surface area contributed by atoms with Gasteiger partial charge in [-0.15, -0.1) is 0 Å². The van der Waals surface area contributed by atoms with E-state index in [1.165, 1.54) is 38.5 Å². The van der Waals surface area contributed by atoms with Gasteiger partial charge in [0.05, 0.1) is 6.04 Å². The molecule has 0 spiro atoms. The number of hydrogen-bond acceptors (Lipinski definition) is 2. The quantitative estimate of drug-likeness (QED) is 0.866. The average Bonchev–Trinajstić information content (AvgIpc) is 2.94. The molecule has 3 nitrogen and oxygen atoms in total. The van der Waals surface area contributed by atoms with E-state index < -0.39 is 0 Å². The van der Waals surface area contributed by atoms with Crippen LogP contribution in [0.3, 0.4) is 0 Å². The Morgan fingerprint density at radius 3 is 2.43 bits per heavy atom. The van der Waals surface area contributed by atoms with E-state index in [0.29, 0.717) is 22.8 Å². The fourth-order valence-electron chi connectivity index (χ4n) is 5.43. The zero-order chi connectivity index (χ0) is 15.3. The normalized spacial score (nSPS) is 39.5. The van der Waals surface area contributed by atoms with Gasteiger partial charge in [-0.25, -0.2) is 0 Å². The van der Waals surface area contributed by atoms with Crippen molar-refractivity contribution in [2.75, 3.05) is 13.1 Å². The summed E-state index contributed by atoms with van der Waals surface area (Å²) in [6, 6.07) is 0.441. The molecule has 1 heterocycles. The SMILES string of the molecule is CC(NC1C(C)(C)[C@H]2CC[C@]1(C)C2)C(=O)N1CCCCC1. The summed E-state index contributed by atoms with van der Waals surface area (Å²) in [4.78, 5) is 14.7. The fourth-order valence-corrected chi connectivity index (χ4v) is 5.43. The van der Waals surface area contributed by atoms with Crippen LogP contribution in [0.15, 0.2) is 0 Å². The van der Waals surface area contributed by atoms with Gasteiger partial charge in [0.25, 0.3) is 0 Å². The van der Waals surface area contributed by atoms with Crippen LogP contribution in [-0.2, 0) is 4.79 Å². The molecule has 2 aliphatic carbocycles. The molecular weight excluding hydrogens is 260 g/mol. The van der Waals surface area contributed by atoms with Crippen molar-refractivity contribution in [3.8, 4) is 0 Å². The third kappa shape index (κ3) is 2.52. The minimum Gasteiger partial charge on any atom is -0.341 e. The van der Waals surface area contributed by atoms with Crippen LogP contribution in [-0.4, -0.2) is 36.0 Å². The third-order valence-corrected chi connectivity index (χ3v) is 6.72. The number of piperidine rings is 1. The van der Waals surface area contributed by atoms with E-state index in [-0.39, 0.29) is 6.04 Å². The molecule has 0 aromatic heterocycles. The molecule has 4 atom stereocenters. The summed E-state index contributed by atoms with van der Waals surface area (Å²) < 4.78 is 0. The Kier molecular flexibility index (Phi) is 3.84. The predicted molar refractivity (Wildman–Crippen MR) is 86.0 cm³/mol. The van der Waals surface area contributed by atoms with E-state index in [1.54, 1.807) is 0 Å². The first-order chi connectivity index (χ1) is 9.84. The highest BCUT2D eigenvalue weighted by Gasteiger charge is 2.59. The highest BCUT2D eigenvalue weighted by Crippen LogP contribution is 2.62. The van der Waals surface area contributed by atoms with Gasteiger partial charge in [0, 0.05) is 19.1 Å². The van der Waals surface area contributed by atoms with Gasteiger partial charge in [-0.3, -0.25) is 4.79 Å². The lowest BCUT2D eigenvalue weighted by atomic mass is 9.68. The number of carbonyl (C=O) groups is 1. The summed E-state index contributed by atoms with van der Waals surface area (Å²) in [6.45, 7) is 11.2. The molecule has 0 aromatic carbocycles. The Bertz CT molecular complexity index is 409. The van der Waals surface area contributed by atoms with Gasteiger partial charge in [-0.2, -0.15) is 0 Å². The first-order valence-electron chi connectivity index (χ1n) is 8.89. The monoisotopic (exact) mass is 292 g/mol. The zero-order valence-corrected chi connectivity index (χ0v) is 14.2. The molecule has 2 bridgehead atoms. The van der Waals surface area contributed by atoms with Crippen molar-refractivity contribution >= 4 is 5.91 Å². The molecule has 1 saturated heterocycles. The summed E-state index contributed by atoms with van der Waals surface area (Å²) in [7, 11) is 0. The van der Waals surface area contributed by atoms with Crippen molar-refractivity contribution in [1.29, 1.82) is 0 Å². The number of likely N-dealkylation sites (tertiary alicyclic amines) is 1. The summed E-state index contributed by atoms with van der Waals surface area (Å²) >= 11 is 0. The molecule has 3 heteroatoms. The van der Waals surface area contributed by atoms with Crippen LogP contribution < -0.4 is 5.32 Å². The third-order valence-electron chi connectivity index (χ3n) is 6.72. The Morgan fingerprint density at radius 1 is 1.19 bits per heavy atom. The number of carbonyl (C=O) groups excluding carboxylic acids is 1. The highest BCUT2D eigenvalue weighted by molar-refractivity contribution is 5.81. The zero-order valence-electron chi connectivity index (χ0n) is 14.2. The fraction of sp³-hybridized carbons (Fsp3) is 0.944. The predicted octanol–water partition coefficient (Wildman–Crippen LogP) is 3.19. The first-order valence-corrected chi connectivity index (χ1v) is 8.89. The van der Waals surface area contributed by atoms with Crippen LogP contribution in [0, 0.1) is 16.7 Å². The van der Waals surface area contributed by atoms with Crippen LogP contribution in [0.4, 0.5) is 0 Å². The van der Waals surface area contributed by atoms with Gasteiger partial charge >= 0.3 is 0 Å². The smallest absolute Gasteiger partial charge is 0.239 e. The Balaban J connectivity index is 1.66. The van der Waals surface area contributed by atoms with E-state index in [2.05, 4.69) is 37.9 Å². The second kappa shape index (κ2) is 5.26. The average molecular weight is 292 g/mol. The lowest BCUT2D eigenvalue weighted by Gasteiger charge is -2.45. The maximum atomic E-state index is 12.7. The lowest BCUT2D eigenvalue weighted by molar-refractivity contribution is -0.134. The molecule has 0 radical (unpaired) electrons. The van der Waals surface area contributed by atoms with Crippen LogP contribution in [0.1, 0.15) is 66.2 Å². The van der Waals surface area contributed by atoms with Crippen molar-refractivity contribution in [2.24, 2.45) is 16.7 Å². The van der Waals surface area contributed by atoms with Crippen molar-refractivity contribution < 1.29 is 4.79 Å². The summed E-state index contributed by atoms with van der Waals surface area (Å²) in [6.07, 6.45) is 7.66. The van der Waals surface area contributed by atoms with Crippen LogP contribution in [0.25, 0.3) is 0 Å². The highest BCUT2D eigenvalue weighted by atomic mass is 16.2. The molecule has 3 fully saturated rings. The Morgan fingerprint density at radius 2 is 1.86 bits per heavy atom. The molecule has 21 heavy (non-hydrogen) atoms. The number of nitrogens with zero attached hydrogens (tertiary/aromatic N) is 1. The van der Waals surface area contributed by atoms with Crippen molar-refractivity contribution in [1.82, 2.24) is 10.2 Å². The Labute approximate surface area is 129 Å². The van der Waals surface area contributed by atoms with E-state index in [4.69, 9.17) is 0 Å². The van der Waals surface area contributed by atoms with Gasteiger partial charge < -0.3 is 10.2 Å². The van der Waals surface area contributed by atoms with Gasteiger partial charge in [0.15, 0.2) is 0 Å². The van der Waals surface area contributed by atoms with Gasteiger partial charge in [0.2, 0.25) is 5.91 Å². The summed E-state index contributed by atoms with van der Waals surface area (Å²) in [5.41, 5.74) is 0.716. The molecule has 1 aliphatic heterocycles. The van der Waals surface area contributed by atoms with Crippen molar-refractivity contribution in [3.05, 3.63) is 0 Å². The molecule has 1 N–H and O–H groups in total. The van der Waals surface area contributed by atoms with E-state index in [0.717, 1.165) is 19.0 Å². The van der Waals surface area contributed by atoms with Crippen LogP contribution in [0.2, 0.25) is 0 Å². The summed E-state index contributed by atoms with van der Waals surface area (Å²) in [5.74, 6) is 1.15. The topological polar surface area (TPSA) is 32.3 Å². The number of amides is 1. The molecule has 2 saturated carbocycles. The second-order valence-corrected chi connectivity index (χ2v) is 8.62. The minimum absolute atomic E-state index is 0.0384. The number of rotatable bonds is 3. The minimum atomic E-state index is -0.0384. The van der Waals surface area contributed by atoms with Crippen LogP contribution >= 0.6 is 0 Å². The Hall–Kier alpha value is -0.570. The maximum absolute atomic E-state index is 12.7. The molecule has 120 valence electrons. The van der Waals surface area contributed by atoms with Crippen LogP contribution in [0.5, 0.6) is 0 Å². The number of hydrogen-bond donors (Lipinski definition) is 1. The number of fused-ring (bicyclic) bond motifs is 2. The molecule has 3 rings (SSSR count). The maximum Gasteiger partial charge on any atom is 0.239 e. The van der Waals surface area contributed by atoms with E-state index in [9.17, 15) is 4.79 Å². The van der Waals surface area contributed by atoms with Gasteiger partial charge in [-0.05, 0) is 62.2 Å². The van der Waals surface area contributed by atoms with E-state index >= 15 is 0 Å². The standard InChI is InChI=1S/C18H32N2O/c1-13(15(21)20-10-6-5-7-11-20)19-16-17(2,3)14-8-9-18(16,4)12-14/h13-14,16,19H,5-12H2,1-4H3/t13?,14-,16?,18+/m0/s1. The molecule has 2 unspecified atom stereocenters. The van der Waals surface area contributed by atoms with E-state index in [1.807, 2.05) is 0 Å². The van der Waals surface area contributed by atoms with Crippen molar-refractivity contribution in [2.45, 2.75) is 78.3 Å². The van der Waals surface area contributed by atoms with Gasteiger partial charge in [0.1, 0.15) is 0 Å². The molecular formula is C18H32N2O. The lowest BCUT2D eigenvalue weighted by Crippen LogP contribution is -2.57. The first kappa shape index (κ1) is 15.3. The van der Waals surface area contributed by atoms with Crippen molar-refractivity contribution in [3.63, 3.8) is 0 Å². The van der Waals surface area contributed by atoms with Gasteiger partial charge in [-0.1, -0.05) is 20.8 Å². The largest absolute Gasteiger partial charge is 0.341 e. The summed E-state index contributed by atoms with van der Waals surface area (Å²) in [5, 5.41) is 3.75. The molecule has 3 aliphatic rings. The molecule has 1 amide bonds. The number of nitrogens with one attached hydrogen (secondary N) is 1. The second-order valence-electron chi connectivity index (χ2n) is 8.62.